The Morgan fingerprint density at radius 2 is 2.23 bits per heavy atom. The zero-order valence-electron chi connectivity index (χ0n) is 15.1. The lowest BCUT2D eigenvalue weighted by Crippen LogP contribution is -2.61. The Morgan fingerprint density at radius 1 is 1.38 bits per heavy atom. The highest BCUT2D eigenvalue weighted by Gasteiger charge is 2.47. The van der Waals surface area contributed by atoms with E-state index in [0.29, 0.717) is 25.9 Å². The number of hydrogen-bond donors (Lipinski definition) is 0. The van der Waals surface area contributed by atoms with Gasteiger partial charge in [-0.3, -0.25) is 14.7 Å². The monoisotopic (exact) mass is 354 g/mol. The average Bonchev–Trinajstić information content (AvgIpc) is 3.18. The molecule has 1 aromatic rings. The summed E-state index contributed by atoms with van der Waals surface area (Å²) in [6, 6.07) is 6.60. The summed E-state index contributed by atoms with van der Waals surface area (Å²) in [7, 11) is 0. The van der Waals surface area contributed by atoms with Crippen molar-refractivity contribution in [3.05, 3.63) is 30.1 Å². The van der Waals surface area contributed by atoms with Crippen molar-refractivity contribution in [2.45, 2.75) is 50.8 Å². The number of likely N-dealkylation sites (tertiary alicyclic amines) is 1. The van der Waals surface area contributed by atoms with Crippen LogP contribution in [0.1, 0.15) is 37.7 Å². The third-order valence-electron chi connectivity index (χ3n) is 6.18. The molecular formula is C20H26N4O2. The van der Waals surface area contributed by atoms with Crippen LogP contribution in [0.4, 0.5) is 0 Å². The third kappa shape index (κ3) is 3.22. The van der Waals surface area contributed by atoms with Crippen molar-refractivity contribution in [2.75, 3.05) is 26.2 Å². The molecule has 1 aromatic heterocycles. The van der Waals surface area contributed by atoms with E-state index in [2.05, 4.69) is 22.0 Å². The molecule has 0 spiro atoms. The van der Waals surface area contributed by atoms with Crippen LogP contribution in [0.5, 0.6) is 0 Å². The van der Waals surface area contributed by atoms with Crippen molar-refractivity contribution in [1.82, 2.24) is 14.8 Å². The fourth-order valence-corrected chi connectivity index (χ4v) is 4.70. The molecule has 0 radical (unpaired) electrons. The predicted octanol–water partition coefficient (Wildman–Crippen LogP) is 1.97. The minimum atomic E-state index is -0.781. The first kappa shape index (κ1) is 17.4. The lowest BCUT2D eigenvalue weighted by molar-refractivity contribution is -0.150. The van der Waals surface area contributed by atoms with Crippen molar-refractivity contribution < 1.29 is 9.53 Å². The molecule has 2 aliphatic heterocycles. The van der Waals surface area contributed by atoms with E-state index in [0.717, 1.165) is 39.0 Å². The molecule has 2 atom stereocenters. The maximum Gasteiger partial charge on any atom is 0.243 e. The van der Waals surface area contributed by atoms with Crippen molar-refractivity contribution in [3.8, 4) is 6.07 Å². The number of amides is 1. The summed E-state index contributed by atoms with van der Waals surface area (Å²) >= 11 is 0. The normalized spacial score (nSPS) is 28.3. The fraction of sp³-hybridized carbons (Fsp3) is 0.650. The van der Waals surface area contributed by atoms with Crippen molar-refractivity contribution in [1.29, 1.82) is 5.26 Å². The van der Waals surface area contributed by atoms with Gasteiger partial charge in [-0.05, 0) is 30.9 Å². The number of ether oxygens (including phenoxy) is 1. The molecule has 2 saturated heterocycles. The number of piperidine rings is 1. The van der Waals surface area contributed by atoms with Crippen LogP contribution < -0.4 is 0 Å². The van der Waals surface area contributed by atoms with Crippen LogP contribution in [0.25, 0.3) is 0 Å². The van der Waals surface area contributed by atoms with E-state index in [9.17, 15) is 10.1 Å². The van der Waals surface area contributed by atoms with E-state index >= 15 is 0 Å². The summed E-state index contributed by atoms with van der Waals surface area (Å²) in [5.41, 5.74) is 0.400. The van der Waals surface area contributed by atoms with Crippen LogP contribution in [-0.4, -0.2) is 59.1 Å². The summed E-state index contributed by atoms with van der Waals surface area (Å²) in [5.74, 6) is 0.0443. The van der Waals surface area contributed by atoms with Gasteiger partial charge in [-0.25, -0.2) is 0 Å². The summed E-state index contributed by atoms with van der Waals surface area (Å²) in [5, 5.41) is 9.66. The number of fused-ring (bicyclic) bond motifs is 1. The molecule has 0 aromatic carbocycles. The SMILES string of the molecule is N#CC1(C(=O)N2CC[C@@H]3OCCN(Cc4cccnc4)[C@H]3C2)CCCC1. The van der Waals surface area contributed by atoms with Crippen LogP contribution >= 0.6 is 0 Å². The van der Waals surface area contributed by atoms with Gasteiger partial charge in [0.1, 0.15) is 5.41 Å². The molecule has 3 aliphatic rings. The van der Waals surface area contributed by atoms with Crippen molar-refractivity contribution in [3.63, 3.8) is 0 Å². The molecule has 6 heteroatoms. The number of hydrogen-bond acceptors (Lipinski definition) is 5. The quantitative estimate of drug-likeness (QED) is 0.830. The molecule has 0 N–H and O–H groups in total. The molecule has 1 amide bonds. The van der Waals surface area contributed by atoms with Crippen LogP contribution in [0.15, 0.2) is 24.5 Å². The molecule has 3 heterocycles. The van der Waals surface area contributed by atoms with Gasteiger partial charge in [-0.2, -0.15) is 5.26 Å². The number of carbonyl (C=O) groups is 1. The first-order valence-corrected chi connectivity index (χ1v) is 9.67. The lowest BCUT2D eigenvalue weighted by Gasteiger charge is -2.48. The Morgan fingerprint density at radius 3 is 2.96 bits per heavy atom. The number of aromatic nitrogens is 1. The topological polar surface area (TPSA) is 69.5 Å². The first-order valence-electron chi connectivity index (χ1n) is 9.67. The minimum Gasteiger partial charge on any atom is -0.375 e. The second-order valence-electron chi connectivity index (χ2n) is 7.75. The van der Waals surface area contributed by atoms with Crippen LogP contribution in [0.2, 0.25) is 0 Å². The maximum atomic E-state index is 13.1. The van der Waals surface area contributed by atoms with Crippen LogP contribution in [0, 0.1) is 16.7 Å². The molecule has 1 saturated carbocycles. The zero-order chi connectivity index (χ0) is 18.0. The van der Waals surface area contributed by atoms with E-state index in [4.69, 9.17) is 4.74 Å². The average molecular weight is 354 g/mol. The highest BCUT2D eigenvalue weighted by molar-refractivity contribution is 5.86. The molecule has 3 fully saturated rings. The second kappa shape index (κ2) is 7.34. The minimum absolute atomic E-state index is 0.0443. The van der Waals surface area contributed by atoms with Gasteiger partial charge in [0.05, 0.1) is 24.8 Å². The summed E-state index contributed by atoms with van der Waals surface area (Å²) in [4.78, 5) is 21.7. The molecule has 0 unspecified atom stereocenters. The lowest BCUT2D eigenvalue weighted by atomic mass is 9.85. The second-order valence-corrected chi connectivity index (χ2v) is 7.75. The fourth-order valence-electron chi connectivity index (χ4n) is 4.70. The number of rotatable bonds is 3. The molecule has 0 bridgehead atoms. The third-order valence-corrected chi connectivity index (χ3v) is 6.18. The Bertz CT molecular complexity index is 681. The van der Waals surface area contributed by atoms with Gasteiger partial charge < -0.3 is 9.64 Å². The first-order chi connectivity index (χ1) is 12.7. The summed E-state index contributed by atoms with van der Waals surface area (Å²) < 4.78 is 5.99. The van der Waals surface area contributed by atoms with Gasteiger partial charge in [-0.1, -0.05) is 18.9 Å². The van der Waals surface area contributed by atoms with E-state index in [-0.39, 0.29) is 18.1 Å². The molecule has 4 rings (SSSR count). The number of nitrogens with zero attached hydrogens (tertiary/aromatic N) is 4. The Hall–Kier alpha value is -1.97. The standard InChI is InChI=1S/C20H26N4O2/c21-15-20(6-1-2-7-20)19(25)24-9-5-18-17(14-24)23(10-11-26-18)13-16-4-3-8-22-12-16/h3-4,8,12,17-18H,1-2,5-7,9-11,13-14H2/t17-,18-/m0/s1. The Labute approximate surface area is 154 Å². The highest BCUT2D eigenvalue weighted by atomic mass is 16.5. The summed E-state index contributed by atoms with van der Waals surface area (Å²) in [6.45, 7) is 3.78. The highest BCUT2D eigenvalue weighted by Crippen LogP contribution is 2.40. The van der Waals surface area contributed by atoms with Crippen LogP contribution in [0.3, 0.4) is 0 Å². The largest absolute Gasteiger partial charge is 0.375 e. The molecular weight excluding hydrogens is 328 g/mol. The van der Waals surface area contributed by atoms with Gasteiger partial charge in [0.15, 0.2) is 0 Å². The zero-order valence-corrected chi connectivity index (χ0v) is 15.1. The van der Waals surface area contributed by atoms with Gasteiger partial charge in [-0.15, -0.1) is 0 Å². The Balaban J connectivity index is 1.48. The molecule has 26 heavy (non-hydrogen) atoms. The van der Waals surface area contributed by atoms with E-state index in [1.54, 1.807) is 6.20 Å². The molecule has 1 aliphatic carbocycles. The van der Waals surface area contributed by atoms with Crippen molar-refractivity contribution in [2.24, 2.45) is 5.41 Å². The predicted molar refractivity (Wildman–Crippen MR) is 95.9 cm³/mol. The maximum absolute atomic E-state index is 13.1. The number of morpholine rings is 1. The van der Waals surface area contributed by atoms with Gasteiger partial charge in [0.2, 0.25) is 5.91 Å². The van der Waals surface area contributed by atoms with Crippen molar-refractivity contribution >= 4 is 5.91 Å². The number of pyridine rings is 1. The van der Waals surface area contributed by atoms with Gasteiger partial charge in [0.25, 0.3) is 0 Å². The summed E-state index contributed by atoms with van der Waals surface area (Å²) in [6.07, 6.45) is 8.10. The number of nitriles is 1. The van der Waals surface area contributed by atoms with Gasteiger partial charge in [0, 0.05) is 38.6 Å². The van der Waals surface area contributed by atoms with E-state index < -0.39 is 5.41 Å². The van der Waals surface area contributed by atoms with E-state index in [1.165, 1.54) is 5.56 Å². The number of carbonyl (C=O) groups excluding carboxylic acids is 1. The van der Waals surface area contributed by atoms with Crippen LogP contribution in [-0.2, 0) is 16.1 Å². The Kier molecular flexibility index (Phi) is 4.92. The smallest absolute Gasteiger partial charge is 0.243 e. The van der Waals surface area contributed by atoms with Gasteiger partial charge >= 0.3 is 0 Å². The molecule has 138 valence electrons. The molecule has 6 nitrogen and oxygen atoms in total. The van der Waals surface area contributed by atoms with E-state index in [1.807, 2.05) is 17.2 Å².